The number of sulfonamides is 1. The van der Waals surface area contributed by atoms with Gasteiger partial charge in [-0.3, -0.25) is 0 Å². The van der Waals surface area contributed by atoms with Crippen molar-refractivity contribution in [2.75, 3.05) is 13.2 Å². The zero-order valence-electron chi connectivity index (χ0n) is 14.1. The normalized spacial score (nSPS) is 22.4. The molecule has 128 valence electrons. The number of morpholine rings is 1. The first-order valence-corrected chi connectivity index (χ1v) is 9.65. The molecule has 1 aliphatic rings. The summed E-state index contributed by atoms with van der Waals surface area (Å²) in [6.45, 7) is 4.64. The number of ether oxygens (including phenoxy) is 1. The number of aryl methyl sites for hydroxylation is 1. The molecule has 2 aromatic rings. The minimum Gasteiger partial charge on any atom is -0.375 e. The number of nitrogens with zero attached hydrogens (tertiary/aromatic N) is 1. The van der Waals surface area contributed by atoms with Crippen molar-refractivity contribution >= 4 is 10.0 Å². The Morgan fingerprint density at radius 3 is 2.42 bits per heavy atom. The van der Waals surface area contributed by atoms with Crippen molar-refractivity contribution in [2.45, 2.75) is 37.3 Å². The van der Waals surface area contributed by atoms with Gasteiger partial charge < -0.3 is 4.74 Å². The third-order valence-corrected chi connectivity index (χ3v) is 6.38. The van der Waals surface area contributed by atoms with E-state index in [1.807, 2.05) is 56.3 Å². The molecule has 1 saturated heterocycles. The van der Waals surface area contributed by atoms with Crippen LogP contribution >= 0.6 is 0 Å². The van der Waals surface area contributed by atoms with Gasteiger partial charge in [-0.1, -0.05) is 48.0 Å². The van der Waals surface area contributed by atoms with E-state index in [4.69, 9.17) is 4.74 Å². The standard InChI is InChI=1S/C19H23NO3S/c1-15-8-10-19(11-9-15)24(21,22)20-13-18(23-14-16(20)2)12-17-6-4-3-5-7-17/h3-11,16,18H,12-14H2,1-2H3. The van der Waals surface area contributed by atoms with Crippen LogP contribution in [0.2, 0.25) is 0 Å². The zero-order valence-corrected chi connectivity index (χ0v) is 14.9. The quantitative estimate of drug-likeness (QED) is 0.856. The number of hydrogen-bond donors (Lipinski definition) is 0. The third kappa shape index (κ3) is 3.69. The summed E-state index contributed by atoms with van der Waals surface area (Å²) in [4.78, 5) is 0.348. The summed E-state index contributed by atoms with van der Waals surface area (Å²) in [5.74, 6) is 0. The van der Waals surface area contributed by atoms with Crippen LogP contribution in [0.15, 0.2) is 59.5 Å². The van der Waals surface area contributed by atoms with Crippen molar-refractivity contribution < 1.29 is 13.2 Å². The maximum atomic E-state index is 13.0. The second kappa shape index (κ2) is 7.05. The SMILES string of the molecule is Cc1ccc(S(=O)(=O)N2CC(Cc3ccccc3)OCC2C)cc1. The van der Waals surface area contributed by atoms with Crippen LogP contribution in [0, 0.1) is 6.92 Å². The van der Waals surface area contributed by atoms with Gasteiger partial charge in [0.25, 0.3) is 0 Å². The van der Waals surface area contributed by atoms with Crippen LogP contribution in [0.1, 0.15) is 18.1 Å². The predicted octanol–water partition coefficient (Wildman–Crippen LogP) is 3.02. The fourth-order valence-electron chi connectivity index (χ4n) is 2.97. The smallest absolute Gasteiger partial charge is 0.243 e. The first-order valence-electron chi connectivity index (χ1n) is 8.21. The molecule has 0 radical (unpaired) electrons. The minimum atomic E-state index is -3.50. The van der Waals surface area contributed by atoms with Crippen LogP contribution in [-0.4, -0.2) is 38.0 Å². The van der Waals surface area contributed by atoms with Crippen molar-refractivity contribution in [2.24, 2.45) is 0 Å². The molecule has 0 N–H and O–H groups in total. The topological polar surface area (TPSA) is 46.6 Å². The maximum absolute atomic E-state index is 13.0. The van der Waals surface area contributed by atoms with E-state index in [0.717, 1.165) is 11.1 Å². The van der Waals surface area contributed by atoms with E-state index >= 15 is 0 Å². The van der Waals surface area contributed by atoms with Gasteiger partial charge in [0.15, 0.2) is 0 Å². The molecule has 2 atom stereocenters. The Balaban J connectivity index is 1.79. The Bertz CT molecular complexity index is 772. The second-order valence-electron chi connectivity index (χ2n) is 6.38. The molecule has 4 nitrogen and oxygen atoms in total. The minimum absolute atomic E-state index is 0.121. The third-order valence-electron chi connectivity index (χ3n) is 4.38. The Morgan fingerprint density at radius 2 is 1.75 bits per heavy atom. The van der Waals surface area contributed by atoms with Gasteiger partial charge in [0.2, 0.25) is 10.0 Å². The van der Waals surface area contributed by atoms with E-state index in [0.29, 0.717) is 24.5 Å². The molecular weight excluding hydrogens is 322 g/mol. The number of hydrogen-bond acceptors (Lipinski definition) is 3. The van der Waals surface area contributed by atoms with Gasteiger partial charge in [-0.25, -0.2) is 8.42 Å². The molecule has 2 aromatic carbocycles. The van der Waals surface area contributed by atoms with Gasteiger partial charge in [0.05, 0.1) is 17.6 Å². The van der Waals surface area contributed by atoms with Crippen LogP contribution in [0.25, 0.3) is 0 Å². The lowest BCUT2D eigenvalue weighted by Crippen LogP contribution is -2.51. The van der Waals surface area contributed by atoms with Gasteiger partial charge in [-0.05, 0) is 38.0 Å². The van der Waals surface area contributed by atoms with Gasteiger partial charge in [-0.2, -0.15) is 4.31 Å². The Kier molecular flexibility index (Phi) is 5.04. The summed E-state index contributed by atoms with van der Waals surface area (Å²) in [6, 6.07) is 16.9. The first kappa shape index (κ1) is 17.1. The summed E-state index contributed by atoms with van der Waals surface area (Å²) < 4.78 is 33.4. The molecule has 3 rings (SSSR count). The second-order valence-corrected chi connectivity index (χ2v) is 8.27. The molecular formula is C19H23NO3S. The van der Waals surface area contributed by atoms with Crippen LogP contribution in [0.5, 0.6) is 0 Å². The molecule has 0 aliphatic carbocycles. The Morgan fingerprint density at radius 1 is 1.08 bits per heavy atom. The zero-order chi connectivity index (χ0) is 17.2. The van der Waals surface area contributed by atoms with Gasteiger partial charge in [-0.15, -0.1) is 0 Å². The Hall–Kier alpha value is -1.69. The molecule has 0 saturated carbocycles. The molecule has 0 amide bonds. The number of rotatable bonds is 4. The van der Waals surface area contributed by atoms with E-state index in [9.17, 15) is 8.42 Å². The highest BCUT2D eigenvalue weighted by atomic mass is 32.2. The molecule has 1 aliphatic heterocycles. The molecule has 24 heavy (non-hydrogen) atoms. The highest BCUT2D eigenvalue weighted by molar-refractivity contribution is 7.89. The van der Waals surface area contributed by atoms with Crippen LogP contribution < -0.4 is 0 Å². The molecule has 1 fully saturated rings. The average Bonchev–Trinajstić information content (AvgIpc) is 2.58. The summed E-state index contributed by atoms with van der Waals surface area (Å²) >= 11 is 0. The van der Waals surface area contributed by atoms with Crippen molar-refractivity contribution in [3.8, 4) is 0 Å². The number of benzene rings is 2. The molecule has 0 aromatic heterocycles. The van der Waals surface area contributed by atoms with Gasteiger partial charge in [0.1, 0.15) is 0 Å². The molecule has 0 spiro atoms. The summed E-state index contributed by atoms with van der Waals surface area (Å²) in [6.07, 6.45) is 0.594. The fourth-order valence-corrected chi connectivity index (χ4v) is 4.62. The average molecular weight is 345 g/mol. The lowest BCUT2D eigenvalue weighted by molar-refractivity contribution is -0.0265. The molecule has 0 bridgehead atoms. The van der Waals surface area contributed by atoms with E-state index in [-0.39, 0.29) is 12.1 Å². The van der Waals surface area contributed by atoms with E-state index < -0.39 is 10.0 Å². The van der Waals surface area contributed by atoms with Crippen LogP contribution in [0.3, 0.4) is 0 Å². The van der Waals surface area contributed by atoms with Gasteiger partial charge in [0, 0.05) is 12.6 Å². The monoisotopic (exact) mass is 345 g/mol. The van der Waals surface area contributed by atoms with E-state index in [2.05, 4.69) is 0 Å². The maximum Gasteiger partial charge on any atom is 0.243 e. The summed E-state index contributed by atoms with van der Waals surface area (Å²) in [7, 11) is -3.50. The van der Waals surface area contributed by atoms with Crippen LogP contribution in [0.4, 0.5) is 0 Å². The van der Waals surface area contributed by atoms with Gasteiger partial charge >= 0.3 is 0 Å². The van der Waals surface area contributed by atoms with Crippen molar-refractivity contribution in [3.05, 3.63) is 65.7 Å². The molecule has 5 heteroatoms. The van der Waals surface area contributed by atoms with Crippen LogP contribution in [-0.2, 0) is 21.2 Å². The van der Waals surface area contributed by atoms with Crippen molar-refractivity contribution in [1.29, 1.82) is 0 Å². The fraction of sp³-hybridized carbons (Fsp3) is 0.368. The lowest BCUT2D eigenvalue weighted by Gasteiger charge is -2.37. The van der Waals surface area contributed by atoms with E-state index in [1.165, 1.54) is 0 Å². The largest absolute Gasteiger partial charge is 0.375 e. The summed E-state index contributed by atoms with van der Waals surface area (Å²) in [5, 5.41) is 0. The highest BCUT2D eigenvalue weighted by Crippen LogP contribution is 2.24. The summed E-state index contributed by atoms with van der Waals surface area (Å²) in [5.41, 5.74) is 2.20. The van der Waals surface area contributed by atoms with Crippen molar-refractivity contribution in [1.82, 2.24) is 4.31 Å². The lowest BCUT2D eigenvalue weighted by atomic mass is 10.1. The first-order chi connectivity index (χ1) is 11.5. The van der Waals surface area contributed by atoms with E-state index in [1.54, 1.807) is 16.4 Å². The van der Waals surface area contributed by atoms with Crippen molar-refractivity contribution in [3.63, 3.8) is 0 Å². The molecule has 2 unspecified atom stereocenters. The molecule has 1 heterocycles. The highest BCUT2D eigenvalue weighted by Gasteiger charge is 2.35. The Labute approximate surface area is 144 Å². The predicted molar refractivity (Wildman–Crippen MR) is 94.4 cm³/mol.